The van der Waals surface area contributed by atoms with Gasteiger partial charge in [-0.25, -0.2) is 0 Å². The minimum atomic E-state index is 0.175. The van der Waals surface area contributed by atoms with Gasteiger partial charge in [0, 0.05) is 11.6 Å². The number of nitrogens with two attached hydrogens (primary N) is 1. The molecule has 19 heavy (non-hydrogen) atoms. The Kier molecular flexibility index (Phi) is 4.97. The maximum absolute atomic E-state index is 12.2. The molecule has 1 saturated carbocycles. The van der Waals surface area contributed by atoms with Gasteiger partial charge in [-0.3, -0.25) is 4.79 Å². The summed E-state index contributed by atoms with van der Waals surface area (Å²) in [5, 5.41) is 3.04. The second kappa shape index (κ2) is 6.71. The fourth-order valence-corrected chi connectivity index (χ4v) is 2.92. The Morgan fingerprint density at radius 3 is 2.68 bits per heavy atom. The lowest BCUT2D eigenvalue weighted by molar-refractivity contribution is -0.121. The molecule has 0 heterocycles. The molecule has 104 valence electrons. The topological polar surface area (TPSA) is 55.1 Å². The Morgan fingerprint density at radius 1 is 1.32 bits per heavy atom. The van der Waals surface area contributed by atoms with Crippen LogP contribution in [0.4, 0.5) is 5.69 Å². The molecule has 3 heteroatoms. The van der Waals surface area contributed by atoms with Gasteiger partial charge in [-0.2, -0.15) is 0 Å². The second-order valence-electron chi connectivity index (χ2n) is 5.65. The summed E-state index contributed by atoms with van der Waals surface area (Å²) in [7, 11) is 0. The first-order valence-corrected chi connectivity index (χ1v) is 7.26. The van der Waals surface area contributed by atoms with E-state index in [9.17, 15) is 4.79 Å². The van der Waals surface area contributed by atoms with Crippen molar-refractivity contribution < 1.29 is 4.79 Å². The van der Waals surface area contributed by atoms with Crippen molar-refractivity contribution in [1.82, 2.24) is 0 Å². The van der Waals surface area contributed by atoms with Crippen molar-refractivity contribution in [1.29, 1.82) is 0 Å². The van der Waals surface area contributed by atoms with Gasteiger partial charge < -0.3 is 11.1 Å². The van der Waals surface area contributed by atoms with Crippen molar-refractivity contribution in [2.75, 3.05) is 11.9 Å². The molecule has 1 fully saturated rings. The number of carbonyl (C=O) groups excluding carboxylic acids is 1. The zero-order chi connectivity index (χ0) is 13.7. The van der Waals surface area contributed by atoms with Crippen LogP contribution >= 0.6 is 0 Å². The maximum Gasteiger partial charge on any atom is 0.227 e. The monoisotopic (exact) mass is 260 g/mol. The minimum absolute atomic E-state index is 0.175. The molecule has 0 aromatic heterocycles. The van der Waals surface area contributed by atoms with Crippen LogP contribution < -0.4 is 11.1 Å². The fraction of sp³-hybridized carbons (Fsp3) is 0.562. The summed E-state index contributed by atoms with van der Waals surface area (Å²) in [5.74, 6) is 1.08. The average Bonchev–Trinajstić information content (AvgIpc) is 2.40. The SMILES string of the molecule is Cc1cccc(NC(=O)C2CCC(CCN)CC2)c1. The third kappa shape index (κ3) is 4.06. The molecule has 2 rings (SSSR count). The molecule has 1 amide bonds. The van der Waals surface area contributed by atoms with Crippen LogP contribution in [-0.2, 0) is 4.79 Å². The molecule has 0 unspecified atom stereocenters. The highest BCUT2D eigenvalue weighted by molar-refractivity contribution is 5.92. The smallest absolute Gasteiger partial charge is 0.227 e. The predicted molar refractivity (Wildman–Crippen MR) is 78.9 cm³/mol. The van der Waals surface area contributed by atoms with Crippen molar-refractivity contribution in [2.24, 2.45) is 17.6 Å². The first-order chi connectivity index (χ1) is 9.19. The summed E-state index contributed by atoms with van der Waals surface area (Å²) < 4.78 is 0. The number of anilines is 1. The number of benzene rings is 1. The number of hydrogen-bond donors (Lipinski definition) is 2. The van der Waals surface area contributed by atoms with E-state index in [0.717, 1.165) is 50.3 Å². The Hall–Kier alpha value is -1.35. The van der Waals surface area contributed by atoms with Gasteiger partial charge in [0.1, 0.15) is 0 Å². The highest BCUT2D eigenvalue weighted by atomic mass is 16.1. The van der Waals surface area contributed by atoms with E-state index in [1.807, 2.05) is 31.2 Å². The Morgan fingerprint density at radius 2 is 2.05 bits per heavy atom. The van der Waals surface area contributed by atoms with E-state index < -0.39 is 0 Å². The molecule has 1 aromatic carbocycles. The zero-order valence-corrected chi connectivity index (χ0v) is 11.7. The highest BCUT2D eigenvalue weighted by Gasteiger charge is 2.25. The van der Waals surface area contributed by atoms with Crippen molar-refractivity contribution >= 4 is 11.6 Å². The van der Waals surface area contributed by atoms with Crippen LogP contribution in [0.5, 0.6) is 0 Å². The first-order valence-electron chi connectivity index (χ1n) is 7.26. The second-order valence-corrected chi connectivity index (χ2v) is 5.65. The van der Waals surface area contributed by atoms with Gasteiger partial charge in [-0.05, 0) is 69.2 Å². The van der Waals surface area contributed by atoms with Crippen LogP contribution in [-0.4, -0.2) is 12.5 Å². The van der Waals surface area contributed by atoms with Crippen LogP contribution in [0.25, 0.3) is 0 Å². The molecule has 0 saturated heterocycles. The van der Waals surface area contributed by atoms with Crippen LogP contribution in [0, 0.1) is 18.8 Å². The van der Waals surface area contributed by atoms with Gasteiger partial charge in [-0.15, -0.1) is 0 Å². The molecule has 1 aromatic rings. The van der Waals surface area contributed by atoms with Crippen molar-refractivity contribution in [3.63, 3.8) is 0 Å². The van der Waals surface area contributed by atoms with Crippen LogP contribution in [0.2, 0.25) is 0 Å². The van der Waals surface area contributed by atoms with Crippen LogP contribution in [0.1, 0.15) is 37.7 Å². The van der Waals surface area contributed by atoms with E-state index in [-0.39, 0.29) is 11.8 Å². The van der Waals surface area contributed by atoms with Gasteiger partial charge in [-0.1, -0.05) is 12.1 Å². The number of rotatable bonds is 4. The van der Waals surface area contributed by atoms with E-state index in [1.165, 1.54) is 5.56 Å². The molecular formula is C16H24N2O. The molecule has 0 spiro atoms. The number of amides is 1. The third-order valence-electron chi connectivity index (χ3n) is 4.08. The van der Waals surface area contributed by atoms with Gasteiger partial charge in [0.05, 0.1) is 0 Å². The molecule has 3 N–H and O–H groups in total. The molecule has 0 aliphatic heterocycles. The summed E-state index contributed by atoms with van der Waals surface area (Å²) >= 11 is 0. The molecular weight excluding hydrogens is 236 g/mol. The highest BCUT2D eigenvalue weighted by Crippen LogP contribution is 2.31. The lowest BCUT2D eigenvalue weighted by atomic mass is 9.80. The predicted octanol–water partition coefficient (Wildman–Crippen LogP) is 3.09. The fourth-order valence-electron chi connectivity index (χ4n) is 2.92. The van der Waals surface area contributed by atoms with Gasteiger partial charge in [0.15, 0.2) is 0 Å². The van der Waals surface area contributed by atoms with Crippen molar-refractivity contribution in [2.45, 2.75) is 39.0 Å². The normalized spacial score (nSPS) is 23.1. The number of carbonyl (C=O) groups is 1. The Labute approximate surface area is 115 Å². The number of nitrogens with one attached hydrogen (secondary N) is 1. The van der Waals surface area contributed by atoms with Crippen molar-refractivity contribution in [3.8, 4) is 0 Å². The van der Waals surface area contributed by atoms with Crippen LogP contribution in [0.15, 0.2) is 24.3 Å². The summed E-state index contributed by atoms with van der Waals surface area (Å²) in [6.45, 7) is 2.80. The average molecular weight is 260 g/mol. The molecule has 0 radical (unpaired) electrons. The third-order valence-corrected chi connectivity index (χ3v) is 4.08. The van der Waals surface area contributed by atoms with E-state index in [2.05, 4.69) is 5.32 Å². The molecule has 0 atom stereocenters. The van der Waals surface area contributed by atoms with E-state index in [1.54, 1.807) is 0 Å². The quantitative estimate of drug-likeness (QED) is 0.874. The minimum Gasteiger partial charge on any atom is -0.330 e. The molecule has 3 nitrogen and oxygen atoms in total. The van der Waals surface area contributed by atoms with E-state index >= 15 is 0 Å². The Balaban J connectivity index is 1.84. The summed E-state index contributed by atoms with van der Waals surface area (Å²) in [5.41, 5.74) is 7.67. The zero-order valence-electron chi connectivity index (χ0n) is 11.7. The van der Waals surface area contributed by atoms with Gasteiger partial charge in [0.25, 0.3) is 0 Å². The van der Waals surface area contributed by atoms with Gasteiger partial charge >= 0.3 is 0 Å². The molecule has 0 bridgehead atoms. The number of aryl methyl sites for hydroxylation is 1. The first kappa shape index (κ1) is 14.1. The standard InChI is InChI=1S/C16H24N2O/c1-12-3-2-4-15(11-12)18-16(19)14-7-5-13(6-8-14)9-10-17/h2-4,11,13-14H,5-10,17H2,1H3,(H,18,19). The summed E-state index contributed by atoms with van der Waals surface area (Å²) in [6, 6.07) is 7.97. The van der Waals surface area contributed by atoms with E-state index in [0.29, 0.717) is 0 Å². The maximum atomic E-state index is 12.2. The van der Waals surface area contributed by atoms with Crippen molar-refractivity contribution in [3.05, 3.63) is 29.8 Å². The number of hydrogen-bond acceptors (Lipinski definition) is 2. The Bertz CT molecular complexity index is 423. The molecule has 1 aliphatic rings. The summed E-state index contributed by atoms with van der Waals surface area (Å²) in [6.07, 6.45) is 5.39. The lowest BCUT2D eigenvalue weighted by Crippen LogP contribution is -2.27. The molecule has 1 aliphatic carbocycles. The largest absolute Gasteiger partial charge is 0.330 e. The lowest BCUT2D eigenvalue weighted by Gasteiger charge is -2.27. The summed E-state index contributed by atoms with van der Waals surface area (Å²) in [4.78, 5) is 12.2. The van der Waals surface area contributed by atoms with Gasteiger partial charge in [0.2, 0.25) is 5.91 Å². The van der Waals surface area contributed by atoms with Crippen LogP contribution in [0.3, 0.4) is 0 Å². The van der Waals surface area contributed by atoms with E-state index in [4.69, 9.17) is 5.73 Å².